The Bertz CT molecular complexity index is 1520. The number of esters is 1. The second-order valence-electron chi connectivity index (χ2n) is 19.8. The zero-order chi connectivity index (χ0) is 51.5. The number of carbonyl (C=O) groups is 2. The molecule has 1 amide bonds. The molecule has 0 aliphatic heterocycles. The first-order valence-corrected chi connectivity index (χ1v) is 29.6. The number of ether oxygens (including phenoxy) is 1. The normalized spacial score (nSPS) is 14.6. The van der Waals surface area contributed by atoms with Crippen molar-refractivity contribution in [3.8, 4) is 0 Å². The zero-order valence-corrected chi connectivity index (χ0v) is 46.6. The number of nitrogens with one attached hydrogen (secondary N) is 1. The van der Waals surface area contributed by atoms with E-state index in [2.05, 4.69) is 105 Å². The molecular formula is C60H106N2O7P+. The number of amides is 1. The fourth-order valence-electron chi connectivity index (χ4n) is 7.45. The van der Waals surface area contributed by atoms with Gasteiger partial charge in [-0.2, -0.15) is 0 Å². The molecule has 70 heavy (non-hydrogen) atoms. The van der Waals surface area contributed by atoms with Crippen molar-refractivity contribution in [1.82, 2.24) is 5.32 Å². The summed E-state index contributed by atoms with van der Waals surface area (Å²) in [7, 11) is 1.45. The van der Waals surface area contributed by atoms with Gasteiger partial charge >= 0.3 is 13.8 Å². The Labute approximate surface area is 430 Å². The number of phosphoric acid groups is 1. The van der Waals surface area contributed by atoms with Gasteiger partial charge in [0, 0.05) is 12.8 Å². The van der Waals surface area contributed by atoms with E-state index in [-0.39, 0.29) is 31.5 Å². The predicted octanol–water partition coefficient (Wildman–Crippen LogP) is 16.8. The lowest BCUT2D eigenvalue weighted by Crippen LogP contribution is -2.47. The van der Waals surface area contributed by atoms with Gasteiger partial charge in [-0.15, -0.1) is 0 Å². The van der Waals surface area contributed by atoms with Gasteiger partial charge in [-0.1, -0.05) is 208 Å². The Hall–Kier alpha value is -3.07. The smallest absolute Gasteiger partial charge is 0.456 e. The molecule has 0 heterocycles. The number of hydrogen-bond acceptors (Lipinski definition) is 6. The molecule has 0 saturated heterocycles. The van der Waals surface area contributed by atoms with Crippen molar-refractivity contribution in [2.75, 3.05) is 40.9 Å². The van der Waals surface area contributed by atoms with Gasteiger partial charge in [-0.3, -0.25) is 18.6 Å². The number of quaternary nitrogens is 1. The molecule has 0 bridgehead atoms. The number of allylic oxidation sites excluding steroid dienone is 15. The second kappa shape index (κ2) is 49.5. The number of phosphoric ester groups is 1. The van der Waals surface area contributed by atoms with Gasteiger partial charge in [0.05, 0.1) is 33.8 Å². The van der Waals surface area contributed by atoms with Crippen molar-refractivity contribution >= 4 is 19.7 Å². The Kier molecular flexibility index (Phi) is 47.3. The van der Waals surface area contributed by atoms with Crippen LogP contribution in [0.2, 0.25) is 0 Å². The molecule has 0 spiro atoms. The summed E-state index contributed by atoms with van der Waals surface area (Å²) < 4.78 is 30.5. The molecule has 10 heteroatoms. The summed E-state index contributed by atoms with van der Waals surface area (Å²) in [5.41, 5.74) is 0. The summed E-state index contributed by atoms with van der Waals surface area (Å²) in [5.74, 6) is -0.573. The molecule has 0 aliphatic rings. The van der Waals surface area contributed by atoms with Crippen molar-refractivity contribution in [1.29, 1.82) is 0 Å². The Balaban J connectivity index is 5.44. The number of likely N-dealkylation sites (N-methyl/N-ethyl adjacent to an activating group) is 1. The molecule has 402 valence electrons. The van der Waals surface area contributed by atoms with Crippen LogP contribution < -0.4 is 5.32 Å². The molecule has 3 unspecified atom stereocenters. The van der Waals surface area contributed by atoms with Crippen LogP contribution in [-0.4, -0.2) is 74.3 Å². The maximum atomic E-state index is 13.5. The van der Waals surface area contributed by atoms with Crippen LogP contribution in [0.4, 0.5) is 0 Å². The highest BCUT2D eigenvalue weighted by atomic mass is 31.2. The van der Waals surface area contributed by atoms with Crippen LogP contribution >= 0.6 is 7.82 Å². The summed E-state index contributed by atoms with van der Waals surface area (Å²) >= 11 is 0. The number of unbranched alkanes of at least 4 members (excludes halogenated alkanes) is 21. The lowest BCUT2D eigenvalue weighted by Gasteiger charge is -2.27. The van der Waals surface area contributed by atoms with Crippen LogP contribution in [0.3, 0.4) is 0 Å². The van der Waals surface area contributed by atoms with Crippen molar-refractivity contribution in [2.45, 2.75) is 232 Å². The lowest BCUT2D eigenvalue weighted by atomic mass is 10.0. The minimum absolute atomic E-state index is 0.0257. The molecular weight excluding hydrogens is 892 g/mol. The summed E-state index contributed by atoms with van der Waals surface area (Å²) in [6.45, 7) is 6.79. The highest BCUT2D eigenvalue weighted by Crippen LogP contribution is 2.43. The van der Waals surface area contributed by atoms with Gasteiger partial charge in [0.2, 0.25) is 5.91 Å². The van der Waals surface area contributed by atoms with Gasteiger partial charge < -0.3 is 19.4 Å². The monoisotopic (exact) mass is 998 g/mol. The van der Waals surface area contributed by atoms with Gasteiger partial charge in [0.1, 0.15) is 19.3 Å². The lowest BCUT2D eigenvalue weighted by molar-refractivity contribution is -0.870. The molecule has 9 nitrogen and oxygen atoms in total. The first-order valence-electron chi connectivity index (χ1n) is 28.1. The van der Waals surface area contributed by atoms with Crippen molar-refractivity contribution in [3.63, 3.8) is 0 Å². The van der Waals surface area contributed by atoms with Crippen LogP contribution in [0, 0.1) is 0 Å². The van der Waals surface area contributed by atoms with E-state index in [9.17, 15) is 19.0 Å². The maximum absolute atomic E-state index is 13.5. The quantitative estimate of drug-likeness (QED) is 0.0156. The zero-order valence-electron chi connectivity index (χ0n) is 45.7. The molecule has 0 aliphatic carbocycles. The fourth-order valence-corrected chi connectivity index (χ4v) is 8.19. The Morgan fingerprint density at radius 3 is 1.53 bits per heavy atom. The maximum Gasteiger partial charge on any atom is 0.472 e. The molecule has 0 aromatic carbocycles. The molecule has 3 atom stereocenters. The standard InChI is InChI=1S/C60H105N2O7P/c1-7-10-13-16-19-22-25-28-29-30-31-32-33-35-38-41-44-47-50-53-60(64)69-58(51-48-45-42-39-36-27-24-21-18-15-12-9-3)57(56-68-70(65,66)67-55-54-62(4,5)6)61-59(63)52-49-46-43-40-37-34-26-23-20-17-14-11-8-2/h11,14,17,19-20,22-23,26,28-29,31-32,35,38,48,51,57-58H,7-10,12-13,15-16,18,21,24-25,27,30,33-34,36-37,39-47,49-50,52-56H2,1-6H3,(H-,61,63,65,66)/p+1/b14-11+,20-17+,22-19-,26-23-,29-28-,32-31-,38-35-,51-48-. The SMILES string of the molecule is CC/C=C/C=C/C=C\CCCCCCCC(=O)NC(COP(=O)(O)OCC[N+](C)(C)C)C(/C=C\CCCCCCCCCCCC)OC(=O)CCCCC/C=C\C/C=C\C/C=C\C/C=C\CCCCC. The highest BCUT2D eigenvalue weighted by Gasteiger charge is 2.30. The third-order valence-electron chi connectivity index (χ3n) is 11.8. The summed E-state index contributed by atoms with van der Waals surface area (Å²) in [4.78, 5) is 37.5. The average Bonchev–Trinajstić information content (AvgIpc) is 3.32. The van der Waals surface area contributed by atoms with Crippen LogP contribution in [0.1, 0.15) is 220 Å². The van der Waals surface area contributed by atoms with E-state index in [1.165, 1.54) is 77.0 Å². The minimum atomic E-state index is -4.46. The number of hydrogen-bond donors (Lipinski definition) is 2. The molecule has 0 aromatic rings. The van der Waals surface area contributed by atoms with E-state index < -0.39 is 20.0 Å². The largest absolute Gasteiger partial charge is 0.472 e. The first-order chi connectivity index (χ1) is 33.9. The van der Waals surface area contributed by atoms with E-state index >= 15 is 0 Å². The molecule has 0 fully saturated rings. The minimum Gasteiger partial charge on any atom is -0.456 e. The molecule has 0 radical (unpaired) electrons. The first kappa shape index (κ1) is 66.9. The van der Waals surface area contributed by atoms with Gasteiger partial charge in [0.15, 0.2) is 0 Å². The number of nitrogens with zero attached hydrogens (tertiary/aromatic N) is 1. The Morgan fingerprint density at radius 1 is 0.529 bits per heavy atom. The van der Waals surface area contributed by atoms with Crippen molar-refractivity contribution in [2.24, 2.45) is 0 Å². The summed E-state index contributed by atoms with van der Waals surface area (Å²) in [5, 5.41) is 3.02. The third-order valence-corrected chi connectivity index (χ3v) is 12.8. The van der Waals surface area contributed by atoms with E-state index in [0.717, 1.165) is 96.3 Å². The second-order valence-corrected chi connectivity index (χ2v) is 21.2. The molecule has 0 aromatic heterocycles. The predicted molar refractivity (Wildman–Crippen MR) is 300 cm³/mol. The molecule has 0 rings (SSSR count). The third kappa shape index (κ3) is 49.9. The Morgan fingerprint density at radius 2 is 0.971 bits per heavy atom. The number of rotatable bonds is 49. The summed E-state index contributed by atoms with van der Waals surface area (Å²) in [6, 6.07) is -0.876. The van der Waals surface area contributed by atoms with Crippen LogP contribution in [0.5, 0.6) is 0 Å². The molecule has 0 saturated carbocycles. The highest BCUT2D eigenvalue weighted by molar-refractivity contribution is 7.47. The molecule has 2 N–H and O–H groups in total. The fraction of sp³-hybridized carbons (Fsp3) is 0.700. The van der Waals surface area contributed by atoms with Crippen LogP contribution in [-0.2, 0) is 27.9 Å². The van der Waals surface area contributed by atoms with Crippen LogP contribution in [0.25, 0.3) is 0 Å². The summed E-state index contributed by atoms with van der Waals surface area (Å²) in [6.07, 6.45) is 65.5. The van der Waals surface area contributed by atoms with E-state index in [1.54, 1.807) is 0 Å². The van der Waals surface area contributed by atoms with Gasteiger partial charge in [0.25, 0.3) is 0 Å². The van der Waals surface area contributed by atoms with E-state index in [1.807, 2.05) is 39.4 Å². The number of carbonyl (C=O) groups excluding carboxylic acids is 2. The van der Waals surface area contributed by atoms with Crippen molar-refractivity contribution in [3.05, 3.63) is 97.2 Å². The van der Waals surface area contributed by atoms with E-state index in [0.29, 0.717) is 30.3 Å². The van der Waals surface area contributed by atoms with Crippen LogP contribution in [0.15, 0.2) is 97.2 Å². The van der Waals surface area contributed by atoms with Crippen molar-refractivity contribution < 1.29 is 37.3 Å². The van der Waals surface area contributed by atoms with Gasteiger partial charge in [-0.25, -0.2) is 4.57 Å². The van der Waals surface area contributed by atoms with Gasteiger partial charge in [-0.05, 0) is 96.0 Å². The average molecular weight is 998 g/mol. The topological polar surface area (TPSA) is 111 Å². The van der Waals surface area contributed by atoms with E-state index in [4.69, 9.17) is 13.8 Å².